The summed E-state index contributed by atoms with van der Waals surface area (Å²) < 4.78 is 55.2. The first-order valence-electron chi connectivity index (χ1n) is 16.0. The number of hydrogen-bond donors (Lipinski definition) is 2. The van der Waals surface area contributed by atoms with Gasteiger partial charge in [0.05, 0.1) is 19.8 Å². The van der Waals surface area contributed by atoms with Gasteiger partial charge in [-0.3, -0.25) is 9.97 Å². The molecule has 0 aliphatic rings. The summed E-state index contributed by atoms with van der Waals surface area (Å²) in [6.07, 6.45) is 9.39. The Kier molecular flexibility index (Phi) is 12.8. The highest BCUT2D eigenvalue weighted by atomic mass is 35.5. The Bertz CT molecular complexity index is 2490. The normalized spacial score (nSPS) is 11.8. The maximum absolute atomic E-state index is 13.2. The van der Waals surface area contributed by atoms with Gasteiger partial charge in [-0.2, -0.15) is 13.6 Å². The van der Waals surface area contributed by atoms with E-state index in [1.807, 2.05) is 0 Å². The van der Waals surface area contributed by atoms with Gasteiger partial charge in [0.1, 0.15) is 5.15 Å². The molecule has 4 aromatic heterocycles. The number of nitrogens with two attached hydrogens (primary N) is 2. The first-order valence-corrected chi connectivity index (χ1v) is 20.0. The molecule has 0 aliphatic heterocycles. The van der Waals surface area contributed by atoms with E-state index >= 15 is 0 Å². The number of hydrogen-bond acceptors (Lipinski definition) is 9. The second kappa shape index (κ2) is 17.1. The third kappa shape index (κ3) is 9.19. The lowest BCUT2D eigenvalue weighted by Crippen LogP contribution is -2.30. The highest BCUT2D eigenvalue weighted by Gasteiger charge is 2.26. The van der Waals surface area contributed by atoms with Crippen molar-refractivity contribution in [2.75, 3.05) is 13.1 Å². The predicted octanol–water partition coefficient (Wildman–Crippen LogP) is 6.55. The fourth-order valence-corrected chi connectivity index (χ4v) is 8.84. The van der Waals surface area contributed by atoms with Crippen LogP contribution in [0.15, 0.2) is 113 Å². The van der Waals surface area contributed by atoms with Gasteiger partial charge in [0.15, 0.2) is 11.8 Å². The van der Waals surface area contributed by atoms with Crippen molar-refractivity contribution in [3.63, 3.8) is 0 Å². The Morgan fingerprint density at radius 2 is 1.08 bits per heavy atom. The van der Waals surface area contributed by atoms with Gasteiger partial charge >= 0.3 is 0 Å². The van der Waals surface area contributed by atoms with Crippen molar-refractivity contribution in [1.29, 1.82) is 0 Å². The number of aromatic nitrogens is 4. The Morgan fingerprint density at radius 3 is 1.53 bits per heavy atom. The number of aliphatic imine (C=N–C) groups is 1. The van der Waals surface area contributed by atoms with Crippen molar-refractivity contribution < 1.29 is 16.8 Å². The van der Waals surface area contributed by atoms with Crippen LogP contribution in [0.3, 0.4) is 0 Å². The third-order valence-corrected chi connectivity index (χ3v) is 12.7. The number of halogens is 3. The van der Waals surface area contributed by atoms with Gasteiger partial charge in [-0.15, -0.1) is 0 Å². The molecule has 0 spiro atoms. The third-order valence-electron chi connectivity index (χ3n) is 7.98. The average Bonchev–Trinajstić information content (AvgIpc) is 3.16. The first-order chi connectivity index (χ1) is 25.3. The summed E-state index contributed by atoms with van der Waals surface area (Å²) >= 11 is 18.4. The number of rotatable bonds is 11. The van der Waals surface area contributed by atoms with Gasteiger partial charge < -0.3 is 11.5 Å². The van der Waals surface area contributed by atoms with Gasteiger partial charge in [-0.25, -0.2) is 26.8 Å². The lowest BCUT2D eigenvalue weighted by Gasteiger charge is -2.21. The van der Waals surface area contributed by atoms with Crippen LogP contribution in [-0.2, 0) is 33.1 Å². The summed E-state index contributed by atoms with van der Waals surface area (Å²) in [5, 5.41) is 3.24. The molecule has 0 aliphatic carbocycles. The van der Waals surface area contributed by atoms with Gasteiger partial charge in [0.25, 0.3) is 0 Å². The van der Waals surface area contributed by atoms with Crippen molar-refractivity contribution in [2.45, 2.75) is 36.7 Å². The average molecular weight is 815 g/mol. The lowest BCUT2D eigenvalue weighted by molar-refractivity contribution is 0.423. The molecule has 0 atom stereocenters. The molecule has 4 N–H and O–H groups in total. The maximum Gasteiger partial charge on any atom is 0.243 e. The summed E-state index contributed by atoms with van der Waals surface area (Å²) in [4.78, 5) is 20.2. The molecule has 0 saturated carbocycles. The number of pyridine rings is 4. The highest BCUT2D eigenvalue weighted by molar-refractivity contribution is 7.89. The van der Waals surface area contributed by atoms with Crippen LogP contribution in [0.25, 0.3) is 21.5 Å². The summed E-state index contributed by atoms with van der Waals surface area (Å²) in [7, 11) is -7.45. The standard InChI is InChI=1S/C18H19ClN6O2S.C17H15Cl2N3O2S/c1-2-25(11-12-5-7-22-8-6-12)28(26,27)13-3-4-14-15(9-13)17(24-18(20)21)23-10-16(14)19;1-2-22(11-12-5-7-20-8-6-12)25(23,24)13-3-4-14-15(9-13)17(19)21-10-16(14)18/h3-10H,2,11H2,1H3,(H4,20,21,23,24);3-10H,2,11H2,1H3. The Morgan fingerprint density at radius 1 is 0.642 bits per heavy atom. The van der Waals surface area contributed by atoms with Crippen molar-refractivity contribution >= 4 is 88.2 Å². The van der Waals surface area contributed by atoms with E-state index in [2.05, 4.69) is 24.9 Å². The molecule has 0 bridgehead atoms. The molecule has 4 heterocycles. The minimum Gasteiger partial charge on any atom is -0.370 e. The van der Waals surface area contributed by atoms with E-state index in [4.69, 9.17) is 46.3 Å². The Hall–Kier alpha value is -4.48. The second-order valence-electron chi connectivity index (χ2n) is 11.4. The number of nitrogens with zero attached hydrogens (tertiary/aromatic N) is 7. The van der Waals surface area contributed by atoms with Crippen molar-refractivity contribution in [3.8, 4) is 0 Å². The Balaban J connectivity index is 0.000000206. The highest BCUT2D eigenvalue weighted by Crippen LogP contribution is 2.33. The molecule has 0 unspecified atom stereocenters. The van der Waals surface area contributed by atoms with Crippen LogP contribution in [0, 0.1) is 0 Å². The van der Waals surface area contributed by atoms with Crippen molar-refractivity contribution in [2.24, 2.45) is 16.5 Å². The van der Waals surface area contributed by atoms with E-state index in [9.17, 15) is 16.8 Å². The zero-order valence-electron chi connectivity index (χ0n) is 28.4. The summed E-state index contributed by atoms with van der Waals surface area (Å²) in [6.45, 7) is 4.71. The minimum absolute atomic E-state index is 0.104. The summed E-state index contributed by atoms with van der Waals surface area (Å²) in [6, 6.07) is 16.5. The monoisotopic (exact) mass is 813 g/mol. The molecule has 6 aromatic rings. The van der Waals surface area contributed by atoms with Crippen LogP contribution in [0.5, 0.6) is 0 Å². The summed E-state index contributed by atoms with van der Waals surface area (Å²) in [5.74, 6) is 0.0193. The number of fused-ring (bicyclic) bond motifs is 2. The largest absolute Gasteiger partial charge is 0.370 e. The minimum atomic E-state index is -3.77. The smallest absolute Gasteiger partial charge is 0.243 e. The van der Waals surface area contributed by atoms with E-state index in [0.29, 0.717) is 44.7 Å². The molecular weight excluding hydrogens is 781 g/mol. The molecule has 18 heteroatoms. The fraction of sp³-hybridized carbons (Fsp3) is 0.171. The summed E-state index contributed by atoms with van der Waals surface area (Å²) in [5.41, 5.74) is 12.6. The number of sulfonamides is 2. The van der Waals surface area contributed by atoms with E-state index < -0.39 is 20.0 Å². The lowest BCUT2D eigenvalue weighted by atomic mass is 10.1. The molecule has 276 valence electrons. The molecule has 2 aromatic carbocycles. The van der Waals surface area contributed by atoms with Gasteiger partial charge in [-0.05, 0) is 59.7 Å². The van der Waals surface area contributed by atoms with E-state index in [-0.39, 0.29) is 39.8 Å². The fourth-order valence-electron chi connectivity index (χ4n) is 5.28. The zero-order valence-corrected chi connectivity index (χ0v) is 32.3. The molecular formula is C35H34Cl3N9O4S2. The molecule has 0 radical (unpaired) electrons. The topological polar surface area (TPSA) is 191 Å². The molecule has 0 fully saturated rings. The van der Waals surface area contributed by atoms with Crippen LogP contribution >= 0.6 is 34.8 Å². The zero-order chi connectivity index (χ0) is 38.3. The van der Waals surface area contributed by atoms with Crippen LogP contribution in [0.2, 0.25) is 15.2 Å². The number of benzene rings is 2. The quantitative estimate of drug-likeness (QED) is 0.0825. The SMILES string of the molecule is CCN(Cc1ccncc1)S(=O)(=O)c1ccc2c(Cl)cnc(Cl)c2c1.CCN(Cc1ccncc1)S(=O)(=O)c1ccc2c(Cl)cnc(N=C(N)N)c2c1. The van der Waals surface area contributed by atoms with Crippen LogP contribution < -0.4 is 11.5 Å². The molecule has 0 amide bonds. The molecule has 53 heavy (non-hydrogen) atoms. The predicted molar refractivity (Wildman–Crippen MR) is 209 cm³/mol. The van der Waals surface area contributed by atoms with E-state index in [1.54, 1.807) is 75.0 Å². The molecule has 0 saturated heterocycles. The van der Waals surface area contributed by atoms with Crippen molar-refractivity contribution in [3.05, 3.63) is 124 Å². The number of guanidine groups is 1. The van der Waals surface area contributed by atoms with Crippen LogP contribution in [0.4, 0.5) is 5.82 Å². The molecule has 13 nitrogen and oxygen atoms in total. The van der Waals surface area contributed by atoms with Gasteiger partial charge in [-0.1, -0.05) is 60.8 Å². The second-order valence-corrected chi connectivity index (χ2v) is 16.4. The van der Waals surface area contributed by atoms with E-state index in [1.165, 1.54) is 45.3 Å². The van der Waals surface area contributed by atoms with Gasteiger partial charge in [0.2, 0.25) is 20.0 Å². The van der Waals surface area contributed by atoms with Gasteiger partial charge in [0, 0.05) is 84.9 Å². The van der Waals surface area contributed by atoms with Crippen LogP contribution in [0.1, 0.15) is 25.0 Å². The maximum atomic E-state index is 13.2. The van der Waals surface area contributed by atoms with Crippen molar-refractivity contribution in [1.82, 2.24) is 28.5 Å². The Labute approximate surface area is 322 Å². The first kappa shape index (κ1) is 39.7. The molecule has 6 rings (SSSR count). The van der Waals surface area contributed by atoms with E-state index in [0.717, 1.165) is 11.1 Å². The van der Waals surface area contributed by atoms with Crippen LogP contribution in [-0.4, -0.2) is 64.4 Å².